The van der Waals surface area contributed by atoms with Crippen molar-refractivity contribution in [2.75, 3.05) is 0 Å². The molecule has 0 saturated heterocycles. The maximum absolute atomic E-state index is 13.1. The van der Waals surface area contributed by atoms with E-state index in [1.807, 2.05) is 0 Å². The molecule has 5 heteroatoms. The number of aldehydes is 1. The first-order valence-corrected chi connectivity index (χ1v) is 4.25. The first-order chi connectivity index (χ1) is 6.90. The van der Waals surface area contributed by atoms with Crippen LogP contribution in [0.15, 0.2) is 12.1 Å². The summed E-state index contributed by atoms with van der Waals surface area (Å²) in [4.78, 5) is 10.4. The molecule has 82 valence electrons. The fraction of sp³-hybridized carbons (Fsp3) is 0.300. The fourth-order valence-corrected chi connectivity index (χ4v) is 1.26. The predicted molar refractivity (Wildman–Crippen MR) is 46.2 cm³/mol. The summed E-state index contributed by atoms with van der Waals surface area (Å²) in [7, 11) is 0. The molecule has 1 rings (SSSR count). The molecule has 0 aliphatic carbocycles. The van der Waals surface area contributed by atoms with Crippen molar-refractivity contribution in [2.45, 2.75) is 19.5 Å². The van der Waals surface area contributed by atoms with Crippen LogP contribution in [0.25, 0.3) is 0 Å². The Morgan fingerprint density at radius 2 is 1.93 bits per heavy atom. The maximum Gasteiger partial charge on any atom is 0.416 e. The first kappa shape index (κ1) is 11.7. The van der Waals surface area contributed by atoms with Crippen LogP contribution in [0.3, 0.4) is 0 Å². The van der Waals surface area contributed by atoms with Crippen molar-refractivity contribution >= 4 is 6.29 Å². The number of hydrogen-bond acceptors (Lipinski definition) is 1. The molecule has 0 radical (unpaired) electrons. The number of alkyl halides is 3. The van der Waals surface area contributed by atoms with Crippen LogP contribution in [0.4, 0.5) is 17.6 Å². The quantitative estimate of drug-likeness (QED) is 0.552. The fourth-order valence-electron chi connectivity index (χ4n) is 1.26. The van der Waals surface area contributed by atoms with Gasteiger partial charge in [-0.2, -0.15) is 13.2 Å². The van der Waals surface area contributed by atoms with E-state index in [0.717, 1.165) is 6.07 Å². The van der Waals surface area contributed by atoms with Crippen molar-refractivity contribution in [1.29, 1.82) is 0 Å². The van der Waals surface area contributed by atoms with Gasteiger partial charge < -0.3 is 0 Å². The van der Waals surface area contributed by atoms with Crippen LogP contribution in [0.1, 0.15) is 28.4 Å². The monoisotopic (exact) mass is 220 g/mol. The largest absolute Gasteiger partial charge is 0.416 e. The lowest BCUT2D eigenvalue weighted by Crippen LogP contribution is -2.08. The minimum atomic E-state index is -4.59. The van der Waals surface area contributed by atoms with Crippen LogP contribution in [0.5, 0.6) is 0 Å². The number of halogens is 4. The van der Waals surface area contributed by atoms with Crippen molar-refractivity contribution in [2.24, 2.45) is 0 Å². The van der Waals surface area contributed by atoms with E-state index in [0.29, 0.717) is 6.07 Å². The van der Waals surface area contributed by atoms with E-state index in [9.17, 15) is 22.4 Å². The Morgan fingerprint density at radius 1 is 1.33 bits per heavy atom. The molecule has 1 aromatic rings. The molecule has 0 aromatic heterocycles. The third kappa shape index (κ3) is 2.34. The van der Waals surface area contributed by atoms with Gasteiger partial charge in [-0.3, -0.25) is 4.79 Å². The molecule has 0 spiro atoms. The number of benzene rings is 1. The molecule has 0 aliphatic heterocycles. The van der Waals surface area contributed by atoms with Gasteiger partial charge in [-0.05, 0) is 24.1 Å². The van der Waals surface area contributed by atoms with E-state index >= 15 is 0 Å². The second-order valence-corrected chi connectivity index (χ2v) is 3.00. The highest BCUT2D eigenvalue weighted by molar-refractivity contribution is 5.78. The van der Waals surface area contributed by atoms with Gasteiger partial charge in [0.2, 0.25) is 0 Å². The second-order valence-electron chi connectivity index (χ2n) is 3.00. The molecule has 15 heavy (non-hydrogen) atoms. The Bertz CT molecular complexity index is 382. The van der Waals surface area contributed by atoms with Gasteiger partial charge in [0.1, 0.15) is 5.82 Å². The Kier molecular flexibility index (Phi) is 3.12. The van der Waals surface area contributed by atoms with E-state index in [1.165, 1.54) is 0 Å². The molecular formula is C10H8F4O. The molecule has 0 fully saturated rings. The number of hydrogen-bond donors (Lipinski definition) is 0. The van der Waals surface area contributed by atoms with Gasteiger partial charge in [-0.1, -0.05) is 6.92 Å². The Balaban J connectivity index is 3.38. The molecule has 0 heterocycles. The Labute approximate surface area is 83.7 Å². The van der Waals surface area contributed by atoms with Gasteiger partial charge in [0.25, 0.3) is 0 Å². The molecule has 1 aromatic carbocycles. The van der Waals surface area contributed by atoms with Gasteiger partial charge in [0, 0.05) is 0 Å². The average Bonchev–Trinajstić information content (AvgIpc) is 2.15. The van der Waals surface area contributed by atoms with Gasteiger partial charge in [0.15, 0.2) is 6.29 Å². The SMILES string of the molecule is CCc1cc(C(F)(F)F)cc(F)c1C=O. The van der Waals surface area contributed by atoms with Crippen LogP contribution in [-0.2, 0) is 12.6 Å². The molecule has 0 saturated carbocycles. The highest BCUT2D eigenvalue weighted by Crippen LogP contribution is 2.31. The zero-order chi connectivity index (χ0) is 11.6. The first-order valence-electron chi connectivity index (χ1n) is 4.25. The standard InChI is InChI=1S/C10H8F4O/c1-2-6-3-7(10(12,13)14)4-9(11)8(6)5-15/h3-5H,2H2,1H3. The smallest absolute Gasteiger partial charge is 0.298 e. The lowest BCUT2D eigenvalue weighted by atomic mass is 10.0. The molecule has 0 atom stereocenters. The van der Waals surface area contributed by atoms with E-state index in [4.69, 9.17) is 0 Å². The van der Waals surface area contributed by atoms with Crippen molar-refractivity contribution in [3.8, 4) is 0 Å². The van der Waals surface area contributed by atoms with E-state index in [2.05, 4.69) is 0 Å². The molecular weight excluding hydrogens is 212 g/mol. The summed E-state index contributed by atoms with van der Waals surface area (Å²) >= 11 is 0. The third-order valence-electron chi connectivity index (χ3n) is 2.04. The van der Waals surface area contributed by atoms with Gasteiger partial charge in [0.05, 0.1) is 11.1 Å². The number of carbonyl (C=O) groups excluding carboxylic acids is 1. The van der Waals surface area contributed by atoms with E-state index in [1.54, 1.807) is 6.92 Å². The molecule has 0 N–H and O–H groups in total. The van der Waals surface area contributed by atoms with Crippen LogP contribution < -0.4 is 0 Å². The minimum absolute atomic E-state index is 0.0670. The lowest BCUT2D eigenvalue weighted by Gasteiger charge is -2.10. The predicted octanol–water partition coefficient (Wildman–Crippen LogP) is 3.22. The van der Waals surface area contributed by atoms with Gasteiger partial charge >= 0.3 is 6.18 Å². The molecule has 0 bridgehead atoms. The van der Waals surface area contributed by atoms with Gasteiger partial charge in [-0.15, -0.1) is 0 Å². The molecule has 0 aliphatic rings. The third-order valence-corrected chi connectivity index (χ3v) is 2.04. The van der Waals surface area contributed by atoms with Crippen LogP contribution in [0.2, 0.25) is 0 Å². The maximum atomic E-state index is 13.1. The number of aryl methyl sites for hydroxylation is 1. The van der Waals surface area contributed by atoms with Crippen LogP contribution in [-0.4, -0.2) is 6.29 Å². The van der Waals surface area contributed by atoms with E-state index in [-0.39, 0.29) is 23.8 Å². The topological polar surface area (TPSA) is 17.1 Å². The highest BCUT2D eigenvalue weighted by Gasteiger charge is 2.32. The summed E-state index contributed by atoms with van der Waals surface area (Å²) in [6.07, 6.45) is -4.19. The van der Waals surface area contributed by atoms with E-state index < -0.39 is 17.6 Å². The normalized spacial score (nSPS) is 11.5. The average molecular weight is 220 g/mol. The summed E-state index contributed by atoms with van der Waals surface area (Å²) < 4.78 is 49.9. The van der Waals surface area contributed by atoms with Crippen molar-refractivity contribution < 1.29 is 22.4 Å². The summed E-state index contributed by atoms with van der Waals surface area (Å²) in [6, 6.07) is 1.13. The molecule has 1 nitrogen and oxygen atoms in total. The Hall–Kier alpha value is -1.39. The summed E-state index contributed by atoms with van der Waals surface area (Å²) in [6.45, 7) is 1.56. The van der Waals surface area contributed by atoms with Crippen molar-refractivity contribution in [1.82, 2.24) is 0 Å². The second kappa shape index (κ2) is 4.00. The minimum Gasteiger partial charge on any atom is -0.298 e. The molecule has 0 unspecified atom stereocenters. The zero-order valence-corrected chi connectivity index (χ0v) is 7.86. The summed E-state index contributed by atoms with van der Waals surface area (Å²) in [5.74, 6) is -1.13. The van der Waals surface area contributed by atoms with Crippen LogP contribution >= 0.6 is 0 Å². The number of rotatable bonds is 2. The Morgan fingerprint density at radius 3 is 2.33 bits per heavy atom. The van der Waals surface area contributed by atoms with Crippen molar-refractivity contribution in [3.05, 3.63) is 34.6 Å². The summed E-state index contributed by atoms with van der Waals surface area (Å²) in [5, 5.41) is 0. The van der Waals surface area contributed by atoms with Crippen LogP contribution in [0, 0.1) is 5.82 Å². The number of carbonyl (C=O) groups is 1. The zero-order valence-electron chi connectivity index (χ0n) is 7.86. The lowest BCUT2D eigenvalue weighted by molar-refractivity contribution is -0.137. The highest BCUT2D eigenvalue weighted by atomic mass is 19.4. The van der Waals surface area contributed by atoms with Gasteiger partial charge in [-0.25, -0.2) is 4.39 Å². The summed E-state index contributed by atoms with van der Waals surface area (Å²) in [5.41, 5.74) is -1.30. The van der Waals surface area contributed by atoms with Crippen molar-refractivity contribution in [3.63, 3.8) is 0 Å². The molecule has 0 amide bonds.